The molecule has 0 fully saturated rings. The molecule has 22 heavy (non-hydrogen) atoms. The predicted octanol–water partition coefficient (Wildman–Crippen LogP) is 3.99. The average Bonchev–Trinajstić information content (AvgIpc) is 3.00. The summed E-state index contributed by atoms with van der Waals surface area (Å²) in [5.74, 6) is 0.188. The van der Waals surface area contributed by atoms with Crippen LogP contribution in [0.4, 0.5) is 0 Å². The van der Waals surface area contributed by atoms with E-state index >= 15 is 0 Å². The molecule has 116 valence electrons. The molecule has 0 unspecified atom stereocenters. The van der Waals surface area contributed by atoms with Gasteiger partial charge in [0.25, 0.3) is 5.91 Å². The highest BCUT2D eigenvalue weighted by Gasteiger charge is 2.26. The van der Waals surface area contributed by atoms with E-state index in [2.05, 4.69) is 13.8 Å². The monoisotopic (exact) mass is 296 g/mol. The molecule has 3 heteroatoms. The zero-order chi connectivity index (χ0) is 15.5. The number of carbonyl (C=O) groups is 1. The second kappa shape index (κ2) is 6.47. The Balaban J connectivity index is 2.10. The molecule has 1 heterocycles. The number of pyridine rings is 1. The number of aromatic nitrogens is 1. The van der Waals surface area contributed by atoms with E-state index in [4.69, 9.17) is 4.98 Å². The van der Waals surface area contributed by atoms with Gasteiger partial charge in [-0.2, -0.15) is 0 Å². The van der Waals surface area contributed by atoms with Crippen molar-refractivity contribution < 1.29 is 4.79 Å². The first kappa shape index (κ1) is 15.0. The highest BCUT2D eigenvalue weighted by Crippen LogP contribution is 2.30. The summed E-state index contributed by atoms with van der Waals surface area (Å²) in [7, 11) is 0. The van der Waals surface area contributed by atoms with Crippen LogP contribution in [0.1, 0.15) is 54.7 Å². The minimum atomic E-state index is 0.188. The molecule has 1 aromatic carbocycles. The van der Waals surface area contributed by atoms with Crippen molar-refractivity contribution in [3.05, 3.63) is 41.1 Å². The molecule has 1 aliphatic rings. The molecule has 3 nitrogen and oxygen atoms in total. The summed E-state index contributed by atoms with van der Waals surface area (Å²) in [5, 5.41) is 1.02. The first-order chi connectivity index (χ1) is 10.8. The van der Waals surface area contributed by atoms with Crippen LogP contribution in [0.5, 0.6) is 0 Å². The molecule has 0 atom stereocenters. The summed E-state index contributed by atoms with van der Waals surface area (Å²) in [4.78, 5) is 19.9. The molecule has 0 bridgehead atoms. The van der Waals surface area contributed by atoms with Crippen LogP contribution in [0.3, 0.4) is 0 Å². The number of aryl methyl sites for hydroxylation is 1. The summed E-state index contributed by atoms with van der Waals surface area (Å²) < 4.78 is 0. The van der Waals surface area contributed by atoms with E-state index in [-0.39, 0.29) is 5.91 Å². The molecule has 0 radical (unpaired) electrons. The molecule has 3 rings (SSSR count). The van der Waals surface area contributed by atoms with Crippen LogP contribution < -0.4 is 0 Å². The van der Waals surface area contributed by atoms with E-state index < -0.39 is 0 Å². The van der Waals surface area contributed by atoms with Gasteiger partial charge >= 0.3 is 0 Å². The number of rotatable bonds is 5. The Morgan fingerprint density at radius 3 is 2.82 bits per heavy atom. The number of amides is 1. The largest absolute Gasteiger partial charge is 0.339 e. The van der Waals surface area contributed by atoms with E-state index in [0.717, 1.165) is 67.4 Å². The lowest BCUT2D eigenvalue weighted by molar-refractivity contribution is 0.0763. The van der Waals surface area contributed by atoms with Gasteiger partial charge < -0.3 is 4.90 Å². The highest BCUT2D eigenvalue weighted by molar-refractivity contribution is 6.07. The Morgan fingerprint density at radius 1 is 1.23 bits per heavy atom. The van der Waals surface area contributed by atoms with Crippen LogP contribution >= 0.6 is 0 Å². The fourth-order valence-electron chi connectivity index (χ4n) is 3.37. The fourth-order valence-corrected chi connectivity index (χ4v) is 3.37. The van der Waals surface area contributed by atoms with E-state index in [1.807, 2.05) is 29.2 Å². The lowest BCUT2D eigenvalue weighted by Crippen LogP contribution is -2.32. The smallest absolute Gasteiger partial charge is 0.254 e. The summed E-state index contributed by atoms with van der Waals surface area (Å²) in [6.45, 7) is 5.84. The normalized spacial score (nSPS) is 13.4. The van der Waals surface area contributed by atoms with Crippen LogP contribution in [-0.2, 0) is 12.8 Å². The van der Waals surface area contributed by atoms with Gasteiger partial charge in [0.1, 0.15) is 0 Å². The minimum absolute atomic E-state index is 0.188. The summed E-state index contributed by atoms with van der Waals surface area (Å²) >= 11 is 0. The first-order valence-corrected chi connectivity index (χ1v) is 8.46. The third-order valence-corrected chi connectivity index (χ3v) is 4.58. The van der Waals surface area contributed by atoms with Crippen molar-refractivity contribution in [2.45, 2.75) is 46.0 Å². The third kappa shape index (κ3) is 2.60. The molecule has 1 aliphatic carbocycles. The first-order valence-electron chi connectivity index (χ1n) is 8.46. The quantitative estimate of drug-likeness (QED) is 0.836. The van der Waals surface area contributed by atoms with E-state index in [1.165, 1.54) is 5.56 Å². The van der Waals surface area contributed by atoms with Crippen molar-refractivity contribution in [2.24, 2.45) is 0 Å². The molecule has 2 aromatic rings. The number of fused-ring (bicyclic) bond motifs is 2. The molecular formula is C19H24N2O. The molecular weight excluding hydrogens is 272 g/mol. The number of carbonyl (C=O) groups excluding carboxylic acids is 1. The van der Waals surface area contributed by atoms with Crippen LogP contribution in [0, 0.1) is 0 Å². The predicted molar refractivity (Wildman–Crippen MR) is 90.3 cm³/mol. The van der Waals surface area contributed by atoms with E-state index in [1.54, 1.807) is 0 Å². The molecule has 1 amide bonds. The lowest BCUT2D eigenvalue weighted by atomic mass is 10.00. The van der Waals surface area contributed by atoms with Gasteiger partial charge in [0.15, 0.2) is 0 Å². The Hall–Kier alpha value is -1.90. The number of hydrogen-bond donors (Lipinski definition) is 0. The average molecular weight is 296 g/mol. The van der Waals surface area contributed by atoms with Crippen molar-refractivity contribution in [3.8, 4) is 0 Å². The van der Waals surface area contributed by atoms with E-state index in [9.17, 15) is 4.79 Å². The van der Waals surface area contributed by atoms with Gasteiger partial charge in [-0.1, -0.05) is 31.5 Å². The molecule has 0 N–H and O–H groups in total. The van der Waals surface area contributed by atoms with Crippen molar-refractivity contribution in [1.29, 1.82) is 0 Å². The molecule has 0 aliphatic heterocycles. The maximum atomic E-state index is 13.2. The van der Waals surface area contributed by atoms with Crippen LogP contribution in [0.2, 0.25) is 0 Å². The second-order valence-electron chi connectivity index (χ2n) is 6.02. The van der Waals surface area contributed by atoms with Gasteiger partial charge in [0.05, 0.1) is 11.1 Å². The van der Waals surface area contributed by atoms with Gasteiger partial charge in [-0.15, -0.1) is 0 Å². The van der Waals surface area contributed by atoms with Crippen molar-refractivity contribution in [3.63, 3.8) is 0 Å². The van der Waals surface area contributed by atoms with Crippen LogP contribution in [0.15, 0.2) is 24.3 Å². The number of unbranched alkanes of at least 4 members (excludes halogenated alkanes) is 1. The topological polar surface area (TPSA) is 33.2 Å². The molecule has 0 saturated heterocycles. The zero-order valence-corrected chi connectivity index (χ0v) is 13.6. The maximum Gasteiger partial charge on any atom is 0.254 e. The third-order valence-electron chi connectivity index (χ3n) is 4.58. The summed E-state index contributed by atoms with van der Waals surface area (Å²) in [6.07, 6.45) is 5.27. The Labute approximate surface area is 132 Å². The van der Waals surface area contributed by atoms with Gasteiger partial charge in [0.2, 0.25) is 0 Å². The number of hydrogen-bond acceptors (Lipinski definition) is 2. The Morgan fingerprint density at radius 2 is 2.05 bits per heavy atom. The highest BCUT2D eigenvalue weighted by atomic mass is 16.2. The lowest BCUT2D eigenvalue weighted by Gasteiger charge is -2.23. The Kier molecular flexibility index (Phi) is 4.41. The fraction of sp³-hybridized carbons (Fsp3) is 0.474. The van der Waals surface area contributed by atoms with Gasteiger partial charge in [-0.3, -0.25) is 9.78 Å². The van der Waals surface area contributed by atoms with Gasteiger partial charge in [0, 0.05) is 24.2 Å². The zero-order valence-electron chi connectivity index (χ0n) is 13.6. The van der Waals surface area contributed by atoms with Gasteiger partial charge in [-0.25, -0.2) is 0 Å². The molecule has 1 aromatic heterocycles. The number of nitrogens with zero attached hydrogens (tertiary/aromatic N) is 2. The summed E-state index contributed by atoms with van der Waals surface area (Å²) in [6, 6.07) is 8.07. The van der Waals surface area contributed by atoms with Gasteiger partial charge in [-0.05, 0) is 44.2 Å². The van der Waals surface area contributed by atoms with Crippen molar-refractivity contribution in [1.82, 2.24) is 9.88 Å². The maximum absolute atomic E-state index is 13.2. The van der Waals surface area contributed by atoms with Crippen molar-refractivity contribution >= 4 is 16.8 Å². The van der Waals surface area contributed by atoms with E-state index in [0.29, 0.717) is 0 Å². The summed E-state index contributed by atoms with van der Waals surface area (Å²) in [5.41, 5.74) is 4.20. The minimum Gasteiger partial charge on any atom is -0.339 e. The van der Waals surface area contributed by atoms with Crippen LogP contribution in [-0.4, -0.2) is 28.9 Å². The number of benzene rings is 1. The van der Waals surface area contributed by atoms with Crippen molar-refractivity contribution in [2.75, 3.05) is 13.1 Å². The molecule has 0 saturated carbocycles. The second-order valence-corrected chi connectivity index (χ2v) is 6.02. The Bertz CT molecular complexity index is 693. The molecule has 0 spiro atoms. The van der Waals surface area contributed by atoms with Crippen LogP contribution in [0.25, 0.3) is 10.9 Å². The number of para-hydroxylation sites is 1. The SMILES string of the molecule is CCCCN(CC)C(=O)c1c2c(nc3ccccc13)CCC2. The standard InChI is InChI=1S/C19H24N2O/c1-3-5-13-21(4-2)19(22)18-14-9-6-7-11-16(14)20-17-12-8-10-15(17)18/h6-7,9,11H,3-5,8,10,12-13H2,1-2H3.